The lowest BCUT2D eigenvalue weighted by molar-refractivity contribution is -0.123. The Labute approximate surface area is 89.3 Å². The molecule has 1 aliphatic rings. The molecule has 0 amide bonds. The Kier molecular flexibility index (Phi) is 2.49. The number of hydrogen-bond acceptors (Lipinski definition) is 3. The summed E-state index contributed by atoms with van der Waals surface area (Å²) in [5.41, 5.74) is 2.19. The number of nitrogens with zero attached hydrogens (tertiary/aromatic N) is 1. The van der Waals surface area contributed by atoms with Crippen molar-refractivity contribution in [3.63, 3.8) is 0 Å². The molecular weight excluding hydrogens is 190 g/mol. The van der Waals surface area contributed by atoms with Gasteiger partial charge >= 0.3 is 0 Å². The highest BCUT2D eigenvalue weighted by atomic mass is 16.3. The number of carbonyl (C=O) groups excluding carboxylic acids is 1. The van der Waals surface area contributed by atoms with E-state index in [4.69, 9.17) is 0 Å². The third-order valence-electron chi connectivity index (χ3n) is 2.97. The van der Waals surface area contributed by atoms with Crippen molar-refractivity contribution in [1.29, 1.82) is 0 Å². The molecule has 2 atom stereocenters. The minimum atomic E-state index is -0.841. The van der Waals surface area contributed by atoms with Crippen molar-refractivity contribution >= 4 is 11.5 Å². The lowest BCUT2D eigenvalue weighted by Gasteiger charge is -2.23. The van der Waals surface area contributed by atoms with Crippen molar-refractivity contribution in [3.05, 3.63) is 29.8 Å². The minimum Gasteiger partial charge on any atom is -0.383 e. The second kappa shape index (κ2) is 3.66. The molecule has 15 heavy (non-hydrogen) atoms. The first kappa shape index (κ1) is 10.2. The van der Waals surface area contributed by atoms with Gasteiger partial charge in [0, 0.05) is 5.69 Å². The molecule has 0 saturated carbocycles. The minimum absolute atomic E-state index is 0.0944. The molecule has 0 aliphatic carbocycles. The fraction of sp³-hybridized carbons (Fsp3) is 0.417. The number of hydrogen-bond donors (Lipinski definition) is 1. The molecule has 3 nitrogen and oxygen atoms in total. The predicted octanol–water partition coefficient (Wildman–Crippen LogP) is 1.13. The molecule has 1 saturated heterocycles. The zero-order chi connectivity index (χ0) is 11.0. The van der Waals surface area contributed by atoms with Crippen molar-refractivity contribution in [2.24, 2.45) is 0 Å². The van der Waals surface area contributed by atoms with Gasteiger partial charge in [0.2, 0.25) is 0 Å². The van der Waals surface area contributed by atoms with Crippen molar-refractivity contribution in [1.82, 2.24) is 0 Å². The number of anilines is 1. The summed E-state index contributed by atoms with van der Waals surface area (Å²) >= 11 is 0. The summed E-state index contributed by atoms with van der Waals surface area (Å²) in [6, 6.07) is 7.86. The Hall–Kier alpha value is -1.35. The Balaban J connectivity index is 2.25. The summed E-state index contributed by atoms with van der Waals surface area (Å²) in [7, 11) is 0. The summed E-state index contributed by atoms with van der Waals surface area (Å²) in [5, 5.41) is 9.56. The lowest BCUT2D eigenvalue weighted by Crippen LogP contribution is -2.32. The van der Waals surface area contributed by atoms with Crippen LogP contribution in [0.1, 0.15) is 12.5 Å². The fourth-order valence-corrected chi connectivity index (χ4v) is 1.91. The first-order valence-electron chi connectivity index (χ1n) is 5.13. The number of benzene rings is 1. The van der Waals surface area contributed by atoms with Crippen LogP contribution in [0.4, 0.5) is 5.69 Å². The maximum absolute atomic E-state index is 11.3. The van der Waals surface area contributed by atoms with Crippen molar-refractivity contribution in [3.8, 4) is 0 Å². The zero-order valence-electron chi connectivity index (χ0n) is 8.97. The standard InChI is InChI=1S/C12H15NO2/c1-8-3-5-10(6-4-8)13-7-11(14)12(15)9(13)2/h3-6,9,12,15H,7H2,1-2H3. The molecule has 1 aliphatic heterocycles. The molecule has 0 bridgehead atoms. The monoisotopic (exact) mass is 205 g/mol. The van der Waals surface area contributed by atoms with E-state index in [1.54, 1.807) is 0 Å². The quantitative estimate of drug-likeness (QED) is 0.747. The normalized spacial score (nSPS) is 26.1. The Bertz CT molecular complexity index is 372. The second-order valence-electron chi connectivity index (χ2n) is 4.12. The molecule has 1 aromatic carbocycles. The van der Waals surface area contributed by atoms with Gasteiger partial charge in [-0.2, -0.15) is 0 Å². The van der Waals surface area contributed by atoms with Gasteiger partial charge in [0.15, 0.2) is 5.78 Å². The van der Waals surface area contributed by atoms with E-state index < -0.39 is 6.10 Å². The van der Waals surface area contributed by atoms with Crippen LogP contribution in [0.3, 0.4) is 0 Å². The summed E-state index contributed by atoms with van der Waals surface area (Å²) < 4.78 is 0. The van der Waals surface area contributed by atoms with Crippen molar-refractivity contribution in [2.75, 3.05) is 11.4 Å². The molecule has 0 aromatic heterocycles. The lowest BCUT2D eigenvalue weighted by atomic mass is 10.1. The predicted molar refractivity (Wildman–Crippen MR) is 59.0 cm³/mol. The van der Waals surface area contributed by atoms with Gasteiger partial charge in [-0.05, 0) is 26.0 Å². The van der Waals surface area contributed by atoms with Crippen molar-refractivity contribution in [2.45, 2.75) is 26.0 Å². The van der Waals surface area contributed by atoms with Crippen LogP contribution in [0.2, 0.25) is 0 Å². The summed E-state index contributed by atoms with van der Waals surface area (Å²) in [5.74, 6) is -0.0944. The Morgan fingerprint density at radius 1 is 1.33 bits per heavy atom. The van der Waals surface area contributed by atoms with Gasteiger partial charge in [0.25, 0.3) is 0 Å². The molecule has 1 heterocycles. The molecule has 2 rings (SSSR count). The molecule has 2 unspecified atom stereocenters. The van der Waals surface area contributed by atoms with Gasteiger partial charge in [0.1, 0.15) is 6.10 Å². The third-order valence-corrected chi connectivity index (χ3v) is 2.97. The smallest absolute Gasteiger partial charge is 0.182 e. The van der Waals surface area contributed by atoms with Crippen LogP contribution in [0, 0.1) is 6.92 Å². The number of aliphatic hydroxyl groups excluding tert-OH is 1. The molecule has 1 N–H and O–H groups in total. The number of rotatable bonds is 1. The highest BCUT2D eigenvalue weighted by Gasteiger charge is 2.36. The number of Topliss-reactive ketones (excluding diaryl/α,β-unsaturated/α-hetero) is 1. The van der Waals surface area contributed by atoms with Crippen LogP contribution < -0.4 is 4.90 Å². The van der Waals surface area contributed by atoms with E-state index >= 15 is 0 Å². The van der Waals surface area contributed by atoms with Crippen LogP contribution in [0.5, 0.6) is 0 Å². The van der Waals surface area contributed by atoms with E-state index in [9.17, 15) is 9.90 Å². The van der Waals surface area contributed by atoms with Crippen LogP contribution in [0.25, 0.3) is 0 Å². The summed E-state index contributed by atoms with van der Waals surface area (Å²) in [6.07, 6.45) is -0.841. The summed E-state index contributed by atoms with van der Waals surface area (Å²) in [4.78, 5) is 13.3. The number of carbonyl (C=O) groups is 1. The molecule has 1 fully saturated rings. The van der Waals surface area contributed by atoms with Gasteiger partial charge in [-0.25, -0.2) is 0 Å². The maximum atomic E-state index is 11.3. The Morgan fingerprint density at radius 3 is 2.40 bits per heavy atom. The first-order chi connectivity index (χ1) is 7.09. The zero-order valence-corrected chi connectivity index (χ0v) is 8.97. The van der Waals surface area contributed by atoms with Gasteiger partial charge in [0.05, 0.1) is 12.6 Å². The highest BCUT2D eigenvalue weighted by Crippen LogP contribution is 2.23. The largest absolute Gasteiger partial charge is 0.383 e. The number of aryl methyl sites for hydroxylation is 1. The SMILES string of the molecule is Cc1ccc(N2CC(=O)C(O)C2C)cc1. The van der Waals surface area contributed by atoms with Gasteiger partial charge < -0.3 is 10.0 Å². The van der Waals surface area contributed by atoms with E-state index in [1.165, 1.54) is 5.56 Å². The van der Waals surface area contributed by atoms with Gasteiger partial charge in [-0.15, -0.1) is 0 Å². The first-order valence-corrected chi connectivity index (χ1v) is 5.13. The number of aliphatic hydroxyl groups is 1. The van der Waals surface area contributed by atoms with E-state index in [-0.39, 0.29) is 11.8 Å². The second-order valence-corrected chi connectivity index (χ2v) is 4.12. The molecule has 1 aromatic rings. The van der Waals surface area contributed by atoms with Crippen LogP contribution in [-0.4, -0.2) is 29.6 Å². The Morgan fingerprint density at radius 2 is 1.93 bits per heavy atom. The molecule has 0 radical (unpaired) electrons. The highest BCUT2D eigenvalue weighted by molar-refractivity contribution is 5.92. The average molecular weight is 205 g/mol. The van der Waals surface area contributed by atoms with Crippen LogP contribution in [0.15, 0.2) is 24.3 Å². The van der Waals surface area contributed by atoms with Crippen molar-refractivity contribution < 1.29 is 9.90 Å². The molecular formula is C12H15NO2. The molecule has 80 valence electrons. The summed E-state index contributed by atoms with van der Waals surface area (Å²) in [6.45, 7) is 4.21. The van der Waals surface area contributed by atoms with Gasteiger partial charge in [-0.1, -0.05) is 17.7 Å². The van der Waals surface area contributed by atoms with E-state index in [2.05, 4.69) is 0 Å². The van der Waals surface area contributed by atoms with E-state index in [0.29, 0.717) is 6.54 Å². The van der Waals surface area contributed by atoms with Crippen LogP contribution >= 0.6 is 0 Å². The number of ketones is 1. The van der Waals surface area contributed by atoms with E-state index in [0.717, 1.165) is 5.69 Å². The maximum Gasteiger partial charge on any atom is 0.182 e. The average Bonchev–Trinajstić information content (AvgIpc) is 2.47. The van der Waals surface area contributed by atoms with Gasteiger partial charge in [-0.3, -0.25) is 4.79 Å². The molecule has 3 heteroatoms. The van der Waals surface area contributed by atoms with Crippen LogP contribution in [-0.2, 0) is 4.79 Å². The fourth-order valence-electron chi connectivity index (χ4n) is 1.91. The molecule has 0 spiro atoms. The third kappa shape index (κ3) is 1.75. The van der Waals surface area contributed by atoms with E-state index in [1.807, 2.05) is 43.0 Å². The topological polar surface area (TPSA) is 40.5 Å².